The van der Waals surface area contributed by atoms with Gasteiger partial charge < -0.3 is 14.0 Å². The molecule has 0 aliphatic carbocycles. The minimum absolute atomic E-state index is 0.259. The van der Waals surface area contributed by atoms with Gasteiger partial charge in [0.1, 0.15) is 17.6 Å². The summed E-state index contributed by atoms with van der Waals surface area (Å²) in [6.45, 7) is 14.3. The van der Waals surface area contributed by atoms with E-state index >= 15 is 0 Å². The van der Waals surface area contributed by atoms with Gasteiger partial charge in [0.05, 0.1) is 11.2 Å². The van der Waals surface area contributed by atoms with Crippen molar-refractivity contribution in [3.05, 3.63) is 23.8 Å². The second-order valence-corrected chi connectivity index (χ2v) is 8.11. The fourth-order valence-electron chi connectivity index (χ4n) is 2.87. The molecule has 0 aromatic heterocycles. The molecule has 1 aromatic rings. The standard InChI is InChI=1S/C19H29BO4/c1-8-11-17(2,3)22-15-10-9-14(13-21)16(12-15)20-23-18(4,5)19(6,7)24-20/h9-10,12-13H,8,11H2,1-7H3. The highest BCUT2D eigenvalue weighted by Gasteiger charge is 2.52. The minimum Gasteiger partial charge on any atom is -0.488 e. The van der Waals surface area contributed by atoms with Crippen molar-refractivity contribution in [3.8, 4) is 5.75 Å². The zero-order valence-electron chi connectivity index (χ0n) is 15.9. The Morgan fingerprint density at radius 3 is 2.25 bits per heavy atom. The summed E-state index contributed by atoms with van der Waals surface area (Å²) in [5, 5.41) is 0. The van der Waals surface area contributed by atoms with Crippen LogP contribution >= 0.6 is 0 Å². The van der Waals surface area contributed by atoms with E-state index < -0.39 is 18.3 Å². The van der Waals surface area contributed by atoms with Crippen LogP contribution in [0, 0.1) is 0 Å². The molecule has 1 aliphatic heterocycles. The maximum absolute atomic E-state index is 11.5. The first-order valence-corrected chi connectivity index (χ1v) is 8.65. The summed E-state index contributed by atoms with van der Waals surface area (Å²) in [6, 6.07) is 5.46. The Labute approximate surface area is 146 Å². The summed E-state index contributed by atoms with van der Waals surface area (Å²) < 4.78 is 18.3. The number of hydrogen-bond acceptors (Lipinski definition) is 4. The van der Waals surface area contributed by atoms with Gasteiger partial charge >= 0.3 is 7.12 Å². The fraction of sp³-hybridized carbons (Fsp3) is 0.632. The van der Waals surface area contributed by atoms with Crippen molar-refractivity contribution in [1.29, 1.82) is 0 Å². The van der Waals surface area contributed by atoms with Crippen LogP contribution < -0.4 is 10.2 Å². The van der Waals surface area contributed by atoms with Crippen LogP contribution in [0.15, 0.2) is 18.2 Å². The van der Waals surface area contributed by atoms with Crippen molar-refractivity contribution in [3.63, 3.8) is 0 Å². The molecule has 1 aromatic carbocycles. The summed E-state index contributed by atoms with van der Waals surface area (Å²) in [4.78, 5) is 11.5. The lowest BCUT2D eigenvalue weighted by atomic mass is 9.76. The Morgan fingerprint density at radius 2 is 1.75 bits per heavy atom. The Bertz CT molecular complexity index is 591. The molecule has 1 fully saturated rings. The van der Waals surface area contributed by atoms with Gasteiger partial charge in [0, 0.05) is 5.56 Å². The van der Waals surface area contributed by atoms with Gasteiger partial charge in [-0.05, 0) is 71.6 Å². The van der Waals surface area contributed by atoms with Gasteiger partial charge in [-0.1, -0.05) is 13.3 Å². The summed E-state index contributed by atoms with van der Waals surface area (Å²) in [6.07, 6.45) is 2.83. The molecule has 24 heavy (non-hydrogen) atoms. The molecule has 0 bridgehead atoms. The van der Waals surface area contributed by atoms with Gasteiger partial charge in [-0.2, -0.15) is 0 Å². The average Bonchev–Trinajstić information content (AvgIpc) is 2.66. The smallest absolute Gasteiger partial charge is 0.488 e. The number of ether oxygens (including phenoxy) is 1. The first-order valence-electron chi connectivity index (χ1n) is 8.65. The minimum atomic E-state index is -0.576. The van der Waals surface area contributed by atoms with Crippen molar-refractivity contribution >= 4 is 18.9 Å². The van der Waals surface area contributed by atoms with Crippen molar-refractivity contribution in [1.82, 2.24) is 0 Å². The monoisotopic (exact) mass is 332 g/mol. The van der Waals surface area contributed by atoms with E-state index in [9.17, 15) is 4.79 Å². The highest BCUT2D eigenvalue weighted by Crippen LogP contribution is 2.37. The molecule has 1 heterocycles. The molecule has 0 spiro atoms. The van der Waals surface area contributed by atoms with E-state index in [4.69, 9.17) is 14.0 Å². The highest BCUT2D eigenvalue weighted by molar-refractivity contribution is 6.63. The molecule has 0 amide bonds. The van der Waals surface area contributed by atoms with Crippen LogP contribution in [0.4, 0.5) is 0 Å². The number of benzene rings is 1. The van der Waals surface area contributed by atoms with Crippen LogP contribution in [0.25, 0.3) is 0 Å². The van der Waals surface area contributed by atoms with Gasteiger partial charge in [0.15, 0.2) is 0 Å². The predicted octanol–water partition coefficient (Wildman–Crippen LogP) is 3.76. The predicted molar refractivity (Wildman–Crippen MR) is 97.2 cm³/mol. The van der Waals surface area contributed by atoms with E-state index in [1.54, 1.807) is 6.07 Å². The third-order valence-electron chi connectivity index (χ3n) is 4.94. The second kappa shape index (κ2) is 6.53. The molecule has 1 aliphatic rings. The van der Waals surface area contributed by atoms with Gasteiger partial charge in [0.2, 0.25) is 0 Å². The molecule has 4 nitrogen and oxygen atoms in total. The molecule has 132 valence electrons. The van der Waals surface area contributed by atoms with E-state index in [0.717, 1.165) is 24.9 Å². The van der Waals surface area contributed by atoms with Gasteiger partial charge in [0.25, 0.3) is 0 Å². The maximum atomic E-state index is 11.5. The molecule has 0 unspecified atom stereocenters. The van der Waals surface area contributed by atoms with E-state index in [-0.39, 0.29) is 5.60 Å². The summed E-state index contributed by atoms with van der Waals surface area (Å²) in [7, 11) is -0.576. The molecule has 0 N–H and O–H groups in total. The zero-order valence-corrected chi connectivity index (χ0v) is 15.9. The Kier molecular flexibility index (Phi) is 5.17. The van der Waals surface area contributed by atoms with Crippen LogP contribution in [-0.2, 0) is 9.31 Å². The molecule has 0 saturated carbocycles. The number of hydrogen-bond donors (Lipinski definition) is 0. The topological polar surface area (TPSA) is 44.8 Å². The molecule has 1 saturated heterocycles. The maximum Gasteiger partial charge on any atom is 0.495 e. The van der Waals surface area contributed by atoms with Crippen LogP contribution in [0.5, 0.6) is 5.75 Å². The van der Waals surface area contributed by atoms with Gasteiger partial charge in [-0.25, -0.2) is 0 Å². The summed E-state index contributed by atoms with van der Waals surface area (Å²) in [5.41, 5.74) is 0.124. The van der Waals surface area contributed by atoms with E-state index in [2.05, 4.69) is 20.8 Å². The molecule has 0 radical (unpaired) electrons. The fourth-order valence-corrected chi connectivity index (χ4v) is 2.87. The first kappa shape index (κ1) is 19.0. The summed E-state index contributed by atoms with van der Waals surface area (Å²) in [5.74, 6) is 0.726. The average molecular weight is 332 g/mol. The molecular formula is C19H29BO4. The van der Waals surface area contributed by atoms with Crippen molar-refractivity contribution in [2.24, 2.45) is 0 Å². The van der Waals surface area contributed by atoms with Crippen LogP contribution in [0.1, 0.15) is 71.7 Å². The Morgan fingerprint density at radius 1 is 1.17 bits per heavy atom. The number of carbonyl (C=O) groups excluding carboxylic acids is 1. The largest absolute Gasteiger partial charge is 0.495 e. The third-order valence-corrected chi connectivity index (χ3v) is 4.94. The van der Waals surface area contributed by atoms with E-state index in [0.29, 0.717) is 11.0 Å². The highest BCUT2D eigenvalue weighted by atomic mass is 16.7. The lowest BCUT2D eigenvalue weighted by Gasteiger charge is -2.32. The first-order chi connectivity index (χ1) is 11.0. The van der Waals surface area contributed by atoms with E-state index in [1.807, 2.05) is 39.8 Å². The van der Waals surface area contributed by atoms with Gasteiger partial charge in [-0.15, -0.1) is 0 Å². The molecular weight excluding hydrogens is 303 g/mol. The number of aldehydes is 1. The van der Waals surface area contributed by atoms with Crippen LogP contribution in [0.2, 0.25) is 0 Å². The second-order valence-electron chi connectivity index (χ2n) is 8.11. The molecule has 0 atom stereocenters. The lowest BCUT2D eigenvalue weighted by molar-refractivity contribution is 0.00578. The normalized spacial score (nSPS) is 19.4. The quantitative estimate of drug-likeness (QED) is 0.588. The zero-order chi connectivity index (χ0) is 18.2. The van der Waals surface area contributed by atoms with Crippen molar-refractivity contribution in [2.45, 2.75) is 78.1 Å². The molecule has 2 rings (SSSR count). The Balaban J connectivity index is 2.33. The molecule has 5 heteroatoms. The van der Waals surface area contributed by atoms with Crippen molar-refractivity contribution in [2.75, 3.05) is 0 Å². The lowest BCUT2D eigenvalue weighted by Crippen LogP contribution is -2.41. The SMILES string of the molecule is CCCC(C)(C)Oc1ccc(C=O)c(B2OC(C)(C)C(C)(C)O2)c1. The Hall–Kier alpha value is -1.33. The van der Waals surface area contributed by atoms with Crippen LogP contribution in [0.3, 0.4) is 0 Å². The summed E-state index contributed by atoms with van der Waals surface area (Å²) >= 11 is 0. The van der Waals surface area contributed by atoms with Crippen LogP contribution in [-0.4, -0.2) is 30.2 Å². The third kappa shape index (κ3) is 3.84. The number of carbonyl (C=O) groups is 1. The van der Waals surface area contributed by atoms with Crippen molar-refractivity contribution < 1.29 is 18.8 Å². The van der Waals surface area contributed by atoms with E-state index in [1.165, 1.54) is 0 Å². The number of rotatable bonds is 6. The van der Waals surface area contributed by atoms with Gasteiger partial charge in [-0.3, -0.25) is 4.79 Å².